The summed E-state index contributed by atoms with van der Waals surface area (Å²) in [5, 5.41) is 14.1. The highest BCUT2D eigenvalue weighted by Crippen LogP contribution is 1.89. The summed E-state index contributed by atoms with van der Waals surface area (Å²) in [5.74, 6) is -1.01. The second-order valence-corrected chi connectivity index (χ2v) is 3.17. The number of carboxylic acid groups (broad SMARTS) is 1. The smallest absolute Gasteiger partial charge is 0.330 e. The molecule has 0 fully saturated rings. The summed E-state index contributed by atoms with van der Waals surface area (Å²) in [5.41, 5.74) is 0.275. The third kappa shape index (κ3) is 7.69. The van der Waals surface area contributed by atoms with Gasteiger partial charge in [0.2, 0.25) is 5.91 Å². The summed E-state index contributed by atoms with van der Waals surface area (Å²) in [4.78, 5) is 21.5. The monoisotopic (exact) mass is 214 g/mol. The van der Waals surface area contributed by atoms with E-state index in [1.807, 2.05) is 6.92 Å². The Kier molecular flexibility index (Phi) is 7.27. The largest absolute Gasteiger partial charge is 0.478 e. The van der Waals surface area contributed by atoms with Gasteiger partial charge in [0.15, 0.2) is 0 Å². The van der Waals surface area contributed by atoms with Crippen molar-refractivity contribution in [2.45, 2.75) is 20.3 Å². The lowest BCUT2D eigenvalue weighted by molar-refractivity contribution is -0.132. The van der Waals surface area contributed by atoms with Crippen LogP contribution in [0.2, 0.25) is 0 Å². The van der Waals surface area contributed by atoms with Crippen molar-refractivity contribution in [3.8, 4) is 0 Å². The van der Waals surface area contributed by atoms with E-state index in [0.29, 0.717) is 13.1 Å². The molecule has 0 aromatic rings. The van der Waals surface area contributed by atoms with E-state index < -0.39 is 5.97 Å². The van der Waals surface area contributed by atoms with Gasteiger partial charge < -0.3 is 15.7 Å². The molecule has 0 aromatic carbocycles. The molecule has 86 valence electrons. The standard InChI is InChI=1S/C10H18N2O3/c1-3-5-12-9(13)7-11-6-4-8(2)10(14)15/h4,11H,3,5-7H2,1-2H3,(H,12,13)(H,14,15)/b8-4-. The third-order valence-electron chi connectivity index (χ3n) is 1.75. The molecule has 15 heavy (non-hydrogen) atoms. The maximum Gasteiger partial charge on any atom is 0.330 e. The van der Waals surface area contributed by atoms with Crippen molar-refractivity contribution in [2.75, 3.05) is 19.6 Å². The van der Waals surface area contributed by atoms with Crippen LogP contribution < -0.4 is 10.6 Å². The van der Waals surface area contributed by atoms with E-state index in [-0.39, 0.29) is 18.0 Å². The summed E-state index contributed by atoms with van der Waals surface area (Å²) < 4.78 is 0. The normalized spacial score (nSPS) is 11.2. The van der Waals surface area contributed by atoms with Gasteiger partial charge in [-0.3, -0.25) is 4.79 Å². The van der Waals surface area contributed by atoms with E-state index >= 15 is 0 Å². The van der Waals surface area contributed by atoms with Crippen molar-refractivity contribution in [1.29, 1.82) is 0 Å². The Morgan fingerprint density at radius 1 is 1.40 bits per heavy atom. The molecular formula is C10H18N2O3. The minimum atomic E-state index is -0.938. The molecule has 0 spiro atoms. The van der Waals surface area contributed by atoms with Crippen molar-refractivity contribution in [1.82, 2.24) is 10.6 Å². The molecule has 0 heterocycles. The van der Waals surface area contributed by atoms with Gasteiger partial charge >= 0.3 is 5.97 Å². The molecular weight excluding hydrogens is 196 g/mol. The summed E-state index contributed by atoms with van der Waals surface area (Å²) in [6.07, 6.45) is 2.44. The number of carbonyl (C=O) groups excluding carboxylic acids is 1. The highest BCUT2D eigenvalue weighted by molar-refractivity contribution is 5.85. The third-order valence-corrected chi connectivity index (χ3v) is 1.75. The lowest BCUT2D eigenvalue weighted by atomic mass is 10.3. The number of aliphatic carboxylic acids is 1. The van der Waals surface area contributed by atoms with Crippen LogP contribution in [-0.2, 0) is 9.59 Å². The van der Waals surface area contributed by atoms with E-state index in [9.17, 15) is 9.59 Å². The van der Waals surface area contributed by atoms with E-state index in [4.69, 9.17) is 5.11 Å². The number of rotatable bonds is 7. The number of carbonyl (C=O) groups is 2. The zero-order chi connectivity index (χ0) is 11.7. The Labute approximate surface area is 89.6 Å². The lowest BCUT2D eigenvalue weighted by Gasteiger charge is -2.03. The molecule has 0 rings (SSSR count). The molecule has 0 atom stereocenters. The molecule has 0 bridgehead atoms. The van der Waals surface area contributed by atoms with Crippen molar-refractivity contribution in [2.24, 2.45) is 0 Å². The van der Waals surface area contributed by atoms with E-state index in [1.165, 1.54) is 13.0 Å². The molecule has 0 aliphatic carbocycles. The molecule has 0 aromatic heterocycles. The first-order valence-corrected chi connectivity index (χ1v) is 4.95. The average molecular weight is 214 g/mol. The van der Waals surface area contributed by atoms with Crippen LogP contribution >= 0.6 is 0 Å². The fraction of sp³-hybridized carbons (Fsp3) is 0.600. The molecule has 1 amide bonds. The quantitative estimate of drug-likeness (QED) is 0.416. The van der Waals surface area contributed by atoms with Crippen LogP contribution in [0.1, 0.15) is 20.3 Å². The van der Waals surface area contributed by atoms with Crippen LogP contribution in [-0.4, -0.2) is 36.6 Å². The van der Waals surface area contributed by atoms with Gasteiger partial charge in [0.25, 0.3) is 0 Å². The van der Waals surface area contributed by atoms with Gasteiger partial charge in [0.05, 0.1) is 6.54 Å². The van der Waals surface area contributed by atoms with Crippen LogP contribution in [0.15, 0.2) is 11.6 Å². The second-order valence-electron chi connectivity index (χ2n) is 3.17. The van der Waals surface area contributed by atoms with E-state index in [1.54, 1.807) is 0 Å². The molecule has 0 radical (unpaired) electrons. The van der Waals surface area contributed by atoms with E-state index in [0.717, 1.165) is 6.42 Å². The van der Waals surface area contributed by atoms with Crippen molar-refractivity contribution >= 4 is 11.9 Å². The molecule has 0 unspecified atom stereocenters. The predicted molar refractivity (Wildman–Crippen MR) is 57.6 cm³/mol. The number of amides is 1. The zero-order valence-corrected chi connectivity index (χ0v) is 9.17. The summed E-state index contributed by atoms with van der Waals surface area (Å²) in [7, 11) is 0. The molecule has 0 aliphatic heterocycles. The van der Waals surface area contributed by atoms with Gasteiger partial charge in [-0.25, -0.2) is 4.79 Å². The number of nitrogens with one attached hydrogen (secondary N) is 2. The molecule has 0 saturated carbocycles. The first kappa shape index (κ1) is 13.6. The minimum Gasteiger partial charge on any atom is -0.478 e. The predicted octanol–water partition coefficient (Wildman–Crippen LogP) is 0.133. The number of hydrogen-bond donors (Lipinski definition) is 3. The number of hydrogen-bond acceptors (Lipinski definition) is 3. The Hall–Kier alpha value is -1.36. The Balaban J connectivity index is 3.58. The summed E-state index contributed by atoms with van der Waals surface area (Å²) >= 11 is 0. The highest BCUT2D eigenvalue weighted by Gasteiger charge is 1.99. The van der Waals surface area contributed by atoms with Crippen LogP contribution in [0.4, 0.5) is 0 Å². The first-order valence-electron chi connectivity index (χ1n) is 4.95. The Bertz CT molecular complexity index is 249. The van der Waals surface area contributed by atoms with Crippen molar-refractivity contribution in [3.05, 3.63) is 11.6 Å². The van der Waals surface area contributed by atoms with Crippen LogP contribution in [0.5, 0.6) is 0 Å². The molecule has 0 saturated heterocycles. The van der Waals surface area contributed by atoms with Gasteiger partial charge in [0.1, 0.15) is 0 Å². The second kappa shape index (κ2) is 7.99. The van der Waals surface area contributed by atoms with Gasteiger partial charge in [-0.15, -0.1) is 0 Å². The molecule has 5 heteroatoms. The summed E-state index contributed by atoms with van der Waals surface area (Å²) in [6.45, 7) is 4.76. The SMILES string of the molecule is CCCNC(=O)CNC/C=C(/C)C(=O)O. The van der Waals surface area contributed by atoms with Gasteiger partial charge in [-0.2, -0.15) is 0 Å². The Morgan fingerprint density at radius 3 is 2.60 bits per heavy atom. The first-order chi connectivity index (χ1) is 7.07. The fourth-order valence-electron chi connectivity index (χ4n) is 0.825. The van der Waals surface area contributed by atoms with E-state index in [2.05, 4.69) is 10.6 Å². The number of carboxylic acids is 1. The topological polar surface area (TPSA) is 78.4 Å². The van der Waals surface area contributed by atoms with Gasteiger partial charge in [-0.05, 0) is 13.3 Å². The van der Waals surface area contributed by atoms with Crippen molar-refractivity contribution < 1.29 is 14.7 Å². The lowest BCUT2D eigenvalue weighted by Crippen LogP contribution is -2.34. The molecule has 0 aliphatic rings. The van der Waals surface area contributed by atoms with Crippen molar-refractivity contribution in [3.63, 3.8) is 0 Å². The van der Waals surface area contributed by atoms with Crippen LogP contribution in [0.25, 0.3) is 0 Å². The van der Waals surface area contributed by atoms with Crippen LogP contribution in [0.3, 0.4) is 0 Å². The summed E-state index contributed by atoms with van der Waals surface area (Å²) in [6, 6.07) is 0. The minimum absolute atomic E-state index is 0.0711. The molecule has 5 nitrogen and oxygen atoms in total. The maximum absolute atomic E-state index is 11.1. The molecule has 3 N–H and O–H groups in total. The van der Waals surface area contributed by atoms with Crippen LogP contribution in [0, 0.1) is 0 Å². The average Bonchev–Trinajstić information content (AvgIpc) is 2.20. The fourth-order valence-corrected chi connectivity index (χ4v) is 0.825. The van der Waals surface area contributed by atoms with Gasteiger partial charge in [0, 0.05) is 18.7 Å². The maximum atomic E-state index is 11.1. The Morgan fingerprint density at radius 2 is 2.07 bits per heavy atom. The zero-order valence-electron chi connectivity index (χ0n) is 9.17. The highest BCUT2D eigenvalue weighted by atomic mass is 16.4. The van der Waals surface area contributed by atoms with Gasteiger partial charge in [-0.1, -0.05) is 13.0 Å².